The molecule has 0 atom stereocenters. The smallest absolute Gasteiger partial charge is 0.295 e. The van der Waals surface area contributed by atoms with Gasteiger partial charge in [0.05, 0.1) is 25.6 Å². The van der Waals surface area contributed by atoms with Gasteiger partial charge in [0.15, 0.2) is 5.82 Å². The fraction of sp³-hybridized carbons (Fsp3) is 0.125. The molecule has 0 fully saturated rings. The number of methoxy groups -OCH3 is 2. The maximum atomic E-state index is 13.1. The summed E-state index contributed by atoms with van der Waals surface area (Å²) in [5.41, 5.74) is 3.10. The Morgan fingerprint density at radius 2 is 1.78 bits per heavy atom. The van der Waals surface area contributed by atoms with E-state index in [0.29, 0.717) is 28.0 Å². The largest absolute Gasteiger partial charge is 0.497 e. The van der Waals surface area contributed by atoms with Crippen LogP contribution in [0.3, 0.4) is 0 Å². The molecule has 0 saturated heterocycles. The minimum absolute atomic E-state index is 0.0151. The van der Waals surface area contributed by atoms with Crippen molar-refractivity contribution in [2.45, 2.75) is 6.92 Å². The number of benzene rings is 3. The van der Waals surface area contributed by atoms with Gasteiger partial charge in [0, 0.05) is 16.7 Å². The predicted octanol–water partition coefficient (Wildman–Crippen LogP) is 5.17. The summed E-state index contributed by atoms with van der Waals surface area (Å²) in [6.45, 7) is 2.00. The van der Waals surface area contributed by atoms with E-state index in [0.717, 1.165) is 16.8 Å². The Balaban J connectivity index is 1.76. The molecule has 3 aromatic carbocycles. The first-order valence-electron chi connectivity index (χ1n) is 9.82. The van der Waals surface area contributed by atoms with Crippen LogP contribution >= 0.6 is 11.6 Å². The summed E-state index contributed by atoms with van der Waals surface area (Å²) in [6.07, 6.45) is 0. The average molecular weight is 449 g/mol. The van der Waals surface area contributed by atoms with Crippen LogP contribution in [-0.2, 0) is 0 Å². The van der Waals surface area contributed by atoms with Crippen molar-refractivity contribution >= 4 is 23.2 Å². The molecule has 0 bridgehead atoms. The number of carbonyl (C=O) groups excluding carboxylic acids is 1. The number of aryl methyl sites for hydroxylation is 1. The lowest BCUT2D eigenvalue weighted by Gasteiger charge is -2.10. The van der Waals surface area contributed by atoms with E-state index in [2.05, 4.69) is 15.4 Å². The van der Waals surface area contributed by atoms with Gasteiger partial charge in [0.2, 0.25) is 5.82 Å². The van der Waals surface area contributed by atoms with Crippen molar-refractivity contribution in [1.29, 1.82) is 0 Å². The molecule has 0 spiro atoms. The summed E-state index contributed by atoms with van der Waals surface area (Å²) in [4.78, 5) is 17.6. The molecular weight excluding hydrogens is 428 g/mol. The summed E-state index contributed by atoms with van der Waals surface area (Å²) < 4.78 is 12.2. The molecule has 1 heterocycles. The third-order valence-electron chi connectivity index (χ3n) is 4.81. The first-order valence-corrected chi connectivity index (χ1v) is 10.2. The lowest BCUT2D eigenvalue weighted by Crippen LogP contribution is -2.15. The van der Waals surface area contributed by atoms with Gasteiger partial charge in [0.1, 0.15) is 11.5 Å². The number of anilines is 1. The van der Waals surface area contributed by atoms with Gasteiger partial charge in [-0.1, -0.05) is 35.4 Å². The van der Waals surface area contributed by atoms with Crippen LogP contribution in [0.4, 0.5) is 5.69 Å². The van der Waals surface area contributed by atoms with Gasteiger partial charge in [0.25, 0.3) is 5.91 Å². The Morgan fingerprint density at radius 1 is 1.00 bits per heavy atom. The quantitative estimate of drug-likeness (QED) is 0.440. The second-order valence-electron chi connectivity index (χ2n) is 7.04. The number of hydrogen-bond donors (Lipinski definition) is 1. The Labute approximate surface area is 190 Å². The number of ether oxygens (including phenoxy) is 2. The lowest BCUT2D eigenvalue weighted by molar-refractivity contribution is 0.101. The van der Waals surface area contributed by atoms with Crippen LogP contribution in [-0.4, -0.2) is 34.9 Å². The van der Waals surface area contributed by atoms with Crippen molar-refractivity contribution in [3.8, 4) is 28.6 Å². The van der Waals surface area contributed by atoms with Crippen LogP contribution in [0.25, 0.3) is 17.1 Å². The molecule has 4 rings (SSSR count). The summed E-state index contributed by atoms with van der Waals surface area (Å²) in [7, 11) is 3.08. The number of carbonyl (C=O) groups is 1. The van der Waals surface area contributed by atoms with Gasteiger partial charge in [-0.15, -0.1) is 5.10 Å². The SMILES string of the molecule is COc1ccc(OC)c(NC(=O)c2nc(-c3cccc(C)c3)n(-c3ccc(Cl)cc3)n2)c1. The van der Waals surface area contributed by atoms with Gasteiger partial charge >= 0.3 is 0 Å². The molecule has 0 aliphatic heterocycles. The van der Waals surface area contributed by atoms with Crippen molar-refractivity contribution in [1.82, 2.24) is 14.8 Å². The van der Waals surface area contributed by atoms with Crippen molar-refractivity contribution in [2.24, 2.45) is 0 Å². The molecule has 8 heteroatoms. The van der Waals surface area contributed by atoms with E-state index in [1.807, 2.05) is 43.3 Å². The zero-order chi connectivity index (χ0) is 22.7. The predicted molar refractivity (Wildman–Crippen MR) is 124 cm³/mol. The highest BCUT2D eigenvalue weighted by molar-refractivity contribution is 6.30. The minimum atomic E-state index is -0.474. The standard InChI is InChI=1S/C24H21ClN4O3/c1-15-5-4-6-16(13-15)23-27-22(28-29(23)18-9-7-17(25)8-10-18)24(30)26-20-14-19(31-2)11-12-21(20)32-3/h4-14H,1-3H3,(H,26,30). The van der Waals surface area contributed by atoms with E-state index in [9.17, 15) is 4.79 Å². The van der Waals surface area contributed by atoms with E-state index in [1.54, 1.807) is 42.1 Å². The van der Waals surface area contributed by atoms with E-state index in [1.165, 1.54) is 7.11 Å². The molecule has 0 aliphatic rings. The maximum Gasteiger partial charge on any atom is 0.295 e. The molecule has 0 aliphatic carbocycles. The van der Waals surface area contributed by atoms with E-state index in [4.69, 9.17) is 21.1 Å². The Bertz CT molecular complexity index is 1270. The molecule has 32 heavy (non-hydrogen) atoms. The van der Waals surface area contributed by atoms with Crippen LogP contribution in [0, 0.1) is 6.92 Å². The van der Waals surface area contributed by atoms with Gasteiger partial charge < -0.3 is 14.8 Å². The normalized spacial score (nSPS) is 10.6. The number of nitrogens with zero attached hydrogens (tertiary/aromatic N) is 3. The van der Waals surface area contributed by atoms with Crippen LogP contribution < -0.4 is 14.8 Å². The number of hydrogen-bond acceptors (Lipinski definition) is 5. The number of nitrogens with one attached hydrogen (secondary N) is 1. The third-order valence-corrected chi connectivity index (χ3v) is 5.06. The fourth-order valence-electron chi connectivity index (χ4n) is 3.23. The maximum absolute atomic E-state index is 13.1. The molecule has 0 saturated carbocycles. The van der Waals surface area contributed by atoms with Crippen molar-refractivity contribution in [2.75, 3.05) is 19.5 Å². The molecule has 162 valence electrons. The molecule has 1 aromatic heterocycles. The Hall–Kier alpha value is -3.84. The molecule has 7 nitrogen and oxygen atoms in total. The van der Waals surface area contributed by atoms with Crippen LogP contribution in [0.15, 0.2) is 66.7 Å². The lowest BCUT2D eigenvalue weighted by atomic mass is 10.1. The monoisotopic (exact) mass is 448 g/mol. The van der Waals surface area contributed by atoms with E-state index < -0.39 is 5.91 Å². The van der Waals surface area contributed by atoms with Crippen LogP contribution in [0.5, 0.6) is 11.5 Å². The highest BCUT2D eigenvalue weighted by Crippen LogP contribution is 2.29. The molecule has 1 amide bonds. The summed E-state index contributed by atoms with van der Waals surface area (Å²) in [5.74, 6) is 1.16. The first kappa shape index (κ1) is 21.4. The van der Waals surface area contributed by atoms with Gasteiger partial charge in [-0.2, -0.15) is 0 Å². The zero-order valence-corrected chi connectivity index (χ0v) is 18.6. The van der Waals surface area contributed by atoms with E-state index in [-0.39, 0.29) is 5.82 Å². The topological polar surface area (TPSA) is 78.3 Å². The second kappa shape index (κ2) is 9.11. The third kappa shape index (κ3) is 4.43. The number of aromatic nitrogens is 3. The molecule has 4 aromatic rings. The Morgan fingerprint density at radius 3 is 2.47 bits per heavy atom. The minimum Gasteiger partial charge on any atom is -0.497 e. The van der Waals surface area contributed by atoms with Gasteiger partial charge in [-0.3, -0.25) is 4.79 Å². The van der Waals surface area contributed by atoms with Gasteiger partial charge in [-0.05, 0) is 49.4 Å². The zero-order valence-electron chi connectivity index (χ0n) is 17.8. The summed E-state index contributed by atoms with van der Waals surface area (Å²) >= 11 is 6.04. The number of halogens is 1. The highest BCUT2D eigenvalue weighted by atomic mass is 35.5. The van der Waals surface area contributed by atoms with Gasteiger partial charge in [-0.25, -0.2) is 9.67 Å². The molecule has 0 unspecified atom stereocenters. The summed E-state index contributed by atoms with van der Waals surface area (Å²) in [6, 6.07) is 20.2. The van der Waals surface area contributed by atoms with Crippen molar-refractivity contribution in [3.63, 3.8) is 0 Å². The second-order valence-corrected chi connectivity index (χ2v) is 7.47. The highest BCUT2D eigenvalue weighted by Gasteiger charge is 2.20. The summed E-state index contributed by atoms with van der Waals surface area (Å²) in [5, 5.41) is 7.91. The molecule has 1 N–H and O–H groups in total. The van der Waals surface area contributed by atoms with Crippen molar-refractivity contribution in [3.05, 3.63) is 83.1 Å². The Kier molecular flexibility index (Phi) is 6.09. The number of amides is 1. The molecule has 0 radical (unpaired) electrons. The van der Waals surface area contributed by atoms with Crippen LogP contribution in [0.2, 0.25) is 5.02 Å². The average Bonchev–Trinajstić information content (AvgIpc) is 3.25. The van der Waals surface area contributed by atoms with Crippen LogP contribution in [0.1, 0.15) is 16.2 Å². The van der Waals surface area contributed by atoms with E-state index >= 15 is 0 Å². The van der Waals surface area contributed by atoms with Crippen molar-refractivity contribution < 1.29 is 14.3 Å². The fourth-order valence-corrected chi connectivity index (χ4v) is 3.36. The number of rotatable bonds is 6. The molecular formula is C24H21ClN4O3. The first-order chi connectivity index (χ1) is 15.5.